The molecule has 1 amide bonds. The van der Waals surface area contributed by atoms with Crippen LogP contribution in [-0.2, 0) is 6.54 Å². The Labute approximate surface area is 96.3 Å². The summed E-state index contributed by atoms with van der Waals surface area (Å²) in [6.45, 7) is 0.187. The fourth-order valence-corrected chi connectivity index (χ4v) is 1.34. The molecular formula is C11H10FN3O2. The lowest BCUT2D eigenvalue weighted by Gasteiger charge is -2.04. The Morgan fingerprint density at radius 3 is 3.00 bits per heavy atom. The number of hydrogen-bond acceptors (Lipinski definition) is 3. The monoisotopic (exact) mass is 235 g/mol. The first-order valence-corrected chi connectivity index (χ1v) is 4.92. The van der Waals surface area contributed by atoms with E-state index in [0.29, 0.717) is 5.82 Å². The van der Waals surface area contributed by atoms with Gasteiger partial charge in [-0.2, -0.15) is 0 Å². The van der Waals surface area contributed by atoms with Crippen molar-refractivity contribution in [3.05, 3.63) is 47.8 Å². The van der Waals surface area contributed by atoms with E-state index >= 15 is 0 Å². The third kappa shape index (κ3) is 2.60. The molecule has 1 aromatic carbocycles. The van der Waals surface area contributed by atoms with Gasteiger partial charge in [0.05, 0.1) is 12.1 Å². The van der Waals surface area contributed by atoms with Crippen LogP contribution in [0, 0.1) is 5.82 Å². The minimum atomic E-state index is -0.762. The average Bonchev–Trinajstić information content (AvgIpc) is 2.78. The molecule has 0 bridgehead atoms. The molecule has 3 N–H and O–H groups in total. The number of halogens is 1. The number of carbonyl (C=O) groups is 1. The SMILES string of the molecule is O=C(NCc1ncc[nH]1)c1ccc(O)cc1F. The molecule has 2 rings (SSSR count). The van der Waals surface area contributed by atoms with E-state index in [1.165, 1.54) is 12.1 Å². The Morgan fingerprint density at radius 1 is 1.53 bits per heavy atom. The van der Waals surface area contributed by atoms with Gasteiger partial charge < -0.3 is 15.4 Å². The molecule has 0 aliphatic carbocycles. The molecule has 0 fully saturated rings. The minimum absolute atomic E-state index is 0.116. The van der Waals surface area contributed by atoms with Crippen molar-refractivity contribution in [3.8, 4) is 5.75 Å². The van der Waals surface area contributed by atoms with E-state index in [1.54, 1.807) is 12.4 Å². The van der Waals surface area contributed by atoms with Crippen molar-refractivity contribution in [1.82, 2.24) is 15.3 Å². The second-order valence-corrected chi connectivity index (χ2v) is 3.38. The summed E-state index contributed by atoms with van der Waals surface area (Å²) >= 11 is 0. The fourth-order valence-electron chi connectivity index (χ4n) is 1.34. The van der Waals surface area contributed by atoms with Gasteiger partial charge >= 0.3 is 0 Å². The lowest BCUT2D eigenvalue weighted by atomic mass is 10.2. The number of nitrogens with zero attached hydrogens (tertiary/aromatic N) is 1. The van der Waals surface area contributed by atoms with Crippen LogP contribution in [0.25, 0.3) is 0 Å². The predicted molar refractivity (Wildman–Crippen MR) is 57.8 cm³/mol. The topological polar surface area (TPSA) is 78.0 Å². The molecule has 0 spiro atoms. The third-order valence-corrected chi connectivity index (χ3v) is 2.17. The quantitative estimate of drug-likeness (QED) is 0.747. The maximum Gasteiger partial charge on any atom is 0.254 e. The second-order valence-electron chi connectivity index (χ2n) is 3.38. The Kier molecular flexibility index (Phi) is 3.04. The maximum atomic E-state index is 13.3. The Hall–Kier alpha value is -2.37. The number of hydrogen-bond donors (Lipinski definition) is 3. The van der Waals surface area contributed by atoms with Gasteiger partial charge in [-0.25, -0.2) is 9.37 Å². The minimum Gasteiger partial charge on any atom is -0.508 e. The molecule has 17 heavy (non-hydrogen) atoms. The number of nitrogens with one attached hydrogen (secondary N) is 2. The zero-order chi connectivity index (χ0) is 12.3. The number of aromatic hydroxyl groups is 1. The van der Waals surface area contributed by atoms with Gasteiger partial charge in [-0.15, -0.1) is 0 Å². The van der Waals surface area contributed by atoms with Gasteiger partial charge in [-0.3, -0.25) is 4.79 Å². The Bertz CT molecular complexity index is 526. The summed E-state index contributed by atoms with van der Waals surface area (Å²) in [4.78, 5) is 18.3. The van der Waals surface area contributed by atoms with Crippen LogP contribution in [0.5, 0.6) is 5.75 Å². The summed E-state index contributed by atoms with van der Waals surface area (Å²) in [7, 11) is 0. The van der Waals surface area contributed by atoms with Crippen molar-refractivity contribution in [2.45, 2.75) is 6.54 Å². The zero-order valence-corrected chi connectivity index (χ0v) is 8.77. The van der Waals surface area contributed by atoms with Crippen LogP contribution < -0.4 is 5.32 Å². The first-order chi connectivity index (χ1) is 8.16. The lowest BCUT2D eigenvalue weighted by molar-refractivity contribution is 0.0946. The van der Waals surface area contributed by atoms with Crippen molar-refractivity contribution in [1.29, 1.82) is 0 Å². The molecule has 0 saturated heterocycles. The lowest BCUT2D eigenvalue weighted by Crippen LogP contribution is -2.24. The second kappa shape index (κ2) is 4.65. The Balaban J connectivity index is 2.04. The number of H-pyrrole nitrogens is 1. The maximum absolute atomic E-state index is 13.3. The summed E-state index contributed by atoms with van der Waals surface area (Å²) in [5.41, 5.74) is -0.116. The molecule has 0 saturated carbocycles. The van der Waals surface area contributed by atoms with Crippen LogP contribution in [0.3, 0.4) is 0 Å². The molecule has 88 valence electrons. The number of phenols is 1. The summed E-state index contributed by atoms with van der Waals surface area (Å²) < 4.78 is 13.3. The van der Waals surface area contributed by atoms with E-state index in [2.05, 4.69) is 15.3 Å². The van der Waals surface area contributed by atoms with Crippen LogP contribution in [-0.4, -0.2) is 21.0 Å². The molecule has 6 heteroatoms. The first kappa shape index (κ1) is 11.1. The molecule has 1 heterocycles. The van der Waals surface area contributed by atoms with E-state index in [4.69, 9.17) is 5.11 Å². The number of benzene rings is 1. The van der Waals surface area contributed by atoms with Gasteiger partial charge in [0.1, 0.15) is 17.4 Å². The highest BCUT2D eigenvalue weighted by atomic mass is 19.1. The van der Waals surface area contributed by atoms with Crippen molar-refractivity contribution >= 4 is 5.91 Å². The van der Waals surface area contributed by atoms with Gasteiger partial charge in [0.15, 0.2) is 0 Å². The van der Waals surface area contributed by atoms with Gasteiger partial charge in [-0.05, 0) is 12.1 Å². The highest BCUT2D eigenvalue weighted by Gasteiger charge is 2.11. The van der Waals surface area contributed by atoms with Gasteiger partial charge in [0.25, 0.3) is 5.91 Å². The van der Waals surface area contributed by atoms with Crippen LogP contribution in [0.2, 0.25) is 0 Å². The van der Waals surface area contributed by atoms with Crippen LogP contribution in [0.1, 0.15) is 16.2 Å². The van der Waals surface area contributed by atoms with Gasteiger partial charge in [0.2, 0.25) is 0 Å². The highest BCUT2D eigenvalue weighted by Crippen LogP contribution is 2.14. The molecule has 0 atom stereocenters. The summed E-state index contributed by atoms with van der Waals surface area (Å²) in [6.07, 6.45) is 3.19. The number of rotatable bonds is 3. The average molecular weight is 235 g/mol. The summed E-state index contributed by atoms with van der Waals surface area (Å²) in [6, 6.07) is 3.37. The van der Waals surface area contributed by atoms with E-state index in [9.17, 15) is 9.18 Å². The predicted octanol–water partition coefficient (Wildman–Crippen LogP) is 1.18. The molecule has 0 radical (unpaired) electrons. The Morgan fingerprint density at radius 2 is 2.35 bits per heavy atom. The number of imidazole rings is 1. The summed E-state index contributed by atoms with van der Waals surface area (Å²) in [5.74, 6) is -0.955. The molecule has 1 aromatic heterocycles. The molecule has 5 nitrogen and oxygen atoms in total. The number of amides is 1. The van der Waals surface area contributed by atoms with Gasteiger partial charge in [-0.1, -0.05) is 0 Å². The molecule has 0 aliphatic rings. The highest BCUT2D eigenvalue weighted by molar-refractivity contribution is 5.94. The summed E-state index contributed by atoms with van der Waals surface area (Å²) in [5, 5.41) is 11.5. The molecular weight excluding hydrogens is 225 g/mol. The van der Waals surface area contributed by atoms with Crippen molar-refractivity contribution < 1.29 is 14.3 Å². The number of carbonyl (C=O) groups excluding carboxylic acids is 1. The van der Waals surface area contributed by atoms with Crippen molar-refractivity contribution in [3.63, 3.8) is 0 Å². The smallest absolute Gasteiger partial charge is 0.254 e. The molecule has 0 aliphatic heterocycles. The normalized spacial score (nSPS) is 10.2. The molecule has 2 aromatic rings. The zero-order valence-electron chi connectivity index (χ0n) is 8.77. The van der Waals surface area contributed by atoms with E-state index < -0.39 is 11.7 Å². The number of phenolic OH excluding ortho intramolecular Hbond substituents is 1. The first-order valence-electron chi connectivity index (χ1n) is 4.92. The van der Waals surface area contributed by atoms with Crippen LogP contribution in [0.4, 0.5) is 4.39 Å². The van der Waals surface area contributed by atoms with E-state index in [1.807, 2.05) is 0 Å². The van der Waals surface area contributed by atoms with Gasteiger partial charge in [0, 0.05) is 18.5 Å². The van der Waals surface area contributed by atoms with Crippen molar-refractivity contribution in [2.75, 3.05) is 0 Å². The third-order valence-electron chi connectivity index (χ3n) is 2.17. The van der Waals surface area contributed by atoms with E-state index in [0.717, 1.165) is 6.07 Å². The van der Waals surface area contributed by atoms with Crippen LogP contribution >= 0.6 is 0 Å². The van der Waals surface area contributed by atoms with E-state index in [-0.39, 0.29) is 17.9 Å². The number of aromatic amines is 1. The number of aromatic nitrogens is 2. The molecule has 0 unspecified atom stereocenters. The van der Waals surface area contributed by atoms with Crippen molar-refractivity contribution in [2.24, 2.45) is 0 Å². The fraction of sp³-hybridized carbons (Fsp3) is 0.0909. The standard InChI is InChI=1S/C11H10FN3O2/c12-9-5-7(16)1-2-8(9)11(17)15-6-10-13-3-4-14-10/h1-5,16H,6H2,(H,13,14)(H,15,17). The largest absolute Gasteiger partial charge is 0.508 e. The van der Waals surface area contributed by atoms with Crippen LogP contribution in [0.15, 0.2) is 30.6 Å².